The van der Waals surface area contributed by atoms with Gasteiger partial charge in [0.25, 0.3) is 0 Å². The average Bonchev–Trinajstić information content (AvgIpc) is 2.98. The van der Waals surface area contributed by atoms with Crippen LogP contribution in [0.5, 0.6) is 5.75 Å². The maximum Gasteiger partial charge on any atom is 0.345 e. The average molecular weight is 204 g/mol. The summed E-state index contributed by atoms with van der Waals surface area (Å²) >= 11 is 0. The number of ether oxygens (including phenoxy) is 1. The second kappa shape index (κ2) is 2.99. The lowest BCUT2D eigenvalue weighted by Crippen LogP contribution is -2.29. The Morgan fingerprint density at radius 3 is 2.73 bits per heavy atom. The number of benzene rings is 1. The van der Waals surface area contributed by atoms with Crippen LogP contribution in [0.15, 0.2) is 24.3 Å². The second-order valence-corrected chi connectivity index (χ2v) is 4.28. The quantitative estimate of drug-likeness (QED) is 0.801. The van der Waals surface area contributed by atoms with E-state index in [0.29, 0.717) is 5.92 Å². The van der Waals surface area contributed by atoms with Crippen molar-refractivity contribution in [3.63, 3.8) is 0 Å². The second-order valence-electron chi connectivity index (χ2n) is 4.28. The minimum absolute atomic E-state index is 0.0682. The third-order valence-electron chi connectivity index (χ3n) is 3.23. The molecule has 15 heavy (non-hydrogen) atoms. The van der Waals surface area contributed by atoms with Crippen LogP contribution in [0.1, 0.15) is 24.3 Å². The molecule has 1 aliphatic heterocycles. The fraction of sp³-hybridized carbons (Fsp3) is 0.417. The van der Waals surface area contributed by atoms with E-state index in [9.17, 15) is 4.79 Å². The highest BCUT2D eigenvalue weighted by atomic mass is 16.5. The summed E-state index contributed by atoms with van der Waals surface area (Å²) in [5, 5.41) is 9.11. The lowest BCUT2D eigenvalue weighted by Gasteiger charge is -2.13. The molecule has 3 nitrogen and oxygen atoms in total. The molecule has 3 heteroatoms. The number of fused-ring (bicyclic) bond motifs is 1. The van der Waals surface area contributed by atoms with Crippen LogP contribution in [-0.2, 0) is 4.79 Å². The van der Waals surface area contributed by atoms with Crippen LogP contribution < -0.4 is 4.74 Å². The summed E-state index contributed by atoms with van der Waals surface area (Å²) in [5.74, 6) is 0.485. The first kappa shape index (κ1) is 8.77. The molecule has 0 spiro atoms. The number of hydrogen-bond acceptors (Lipinski definition) is 2. The Bertz CT molecular complexity index is 409. The number of para-hydroxylation sites is 1. The minimum Gasteiger partial charge on any atom is -0.478 e. The maximum absolute atomic E-state index is 11.1. The van der Waals surface area contributed by atoms with Gasteiger partial charge >= 0.3 is 5.97 Å². The van der Waals surface area contributed by atoms with Crippen molar-refractivity contribution in [2.24, 2.45) is 5.92 Å². The molecular formula is C12H12O3. The largest absolute Gasteiger partial charge is 0.478 e. The number of carboxylic acid groups (broad SMARTS) is 1. The Morgan fingerprint density at radius 1 is 1.33 bits per heavy atom. The fourth-order valence-corrected chi connectivity index (χ4v) is 2.40. The molecule has 0 unspecified atom stereocenters. The van der Waals surface area contributed by atoms with Crippen LogP contribution in [0.4, 0.5) is 0 Å². The van der Waals surface area contributed by atoms with Crippen LogP contribution in [0.25, 0.3) is 0 Å². The highest BCUT2D eigenvalue weighted by Gasteiger charge is 2.47. The summed E-state index contributed by atoms with van der Waals surface area (Å²) in [6.45, 7) is 0. The SMILES string of the molecule is O=C(O)[C@@H]1Oc2ccccc2[C@H]1C1CC1. The van der Waals surface area contributed by atoms with E-state index in [-0.39, 0.29) is 5.92 Å². The van der Waals surface area contributed by atoms with Gasteiger partial charge in [-0.05, 0) is 24.8 Å². The van der Waals surface area contributed by atoms with Gasteiger partial charge in [-0.15, -0.1) is 0 Å². The van der Waals surface area contributed by atoms with Crippen molar-refractivity contribution in [2.45, 2.75) is 24.9 Å². The molecule has 1 aromatic carbocycles. The standard InChI is InChI=1S/C12H12O3/c13-12(14)11-10(7-5-6-7)8-3-1-2-4-9(8)15-11/h1-4,7,10-11H,5-6H2,(H,13,14)/t10-,11-/m1/s1. The van der Waals surface area contributed by atoms with Gasteiger partial charge in [0, 0.05) is 11.5 Å². The molecule has 1 N–H and O–H groups in total. The Hall–Kier alpha value is -1.51. The van der Waals surface area contributed by atoms with E-state index < -0.39 is 12.1 Å². The van der Waals surface area contributed by atoms with Crippen molar-refractivity contribution < 1.29 is 14.6 Å². The van der Waals surface area contributed by atoms with Crippen LogP contribution in [0.2, 0.25) is 0 Å². The van der Waals surface area contributed by atoms with E-state index in [2.05, 4.69) is 0 Å². The first-order valence-corrected chi connectivity index (χ1v) is 5.26. The van der Waals surface area contributed by atoms with Crippen LogP contribution in [0.3, 0.4) is 0 Å². The predicted octanol–water partition coefficient (Wildman–Crippen LogP) is 2.03. The topological polar surface area (TPSA) is 46.5 Å². The van der Waals surface area contributed by atoms with Gasteiger partial charge in [0.05, 0.1) is 0 Å². The zero-order valence-electron chi connectivity index (χ0n) is 8.22. The van der Waals surface area contributed by atoms with Crippen molar-refractivity contribution in [2.75, 3.05) is 0 Å². The van der Waals surface area contributed by atoms with Crippen LogP contribution in [-0.4, -0.2) is 17.2 Å². The smallest absolute Gasteiger partial charge is 0.345 e. The first-order valence-electron chi connectivity index (χ1n) is 5.26. The van der Waals surface area contributed by atoms with Crippen molar-refractivity contribution in [3.8, 4) is 5.75 Å². The molecule has 2 atom stereocenters. The maximum atomic E-state index is 11.1. The van der Waals surface area contributed by atoms with E-state index in [1.54, 1.807) is 0 Å². The molecule has 0 bridgehead atoms. The molecule has 1 aliphatic carbocycles. The van der Waals surface area contributed by atoms with Gasteiger partial charge in [0.2, 0.25) is 6.10 Å². The molecule has 1 heterocycles. The Labute approximate surface area is 87.7 Å². The third kappa shape index (κ3) is 1.30. The molecule has 1 fully saturated rings. The predicted molar refractivity (Wildman–Crippen MR) is 54.0 cm³/mol. The third-order valence-corrected chi connectivity index (χ3v) is 3.23. The van der Waals surface area contributed by atoms with E-state index in [4.69, 9.17) is 9.84 Å². The number of carboxylic acids is 1. The lowest BCUT2D eigenvalue weighted by molar-refractivity contribution is -0.145. The van der Waals surface area contributed by atoms with Gasteiger partial charge in [0.1, 0.15) is 5.75 Å². The molecular weight excluding hydrogens is 192 g/mol. The number of carbonyl (C=O) groups is 1. The van der Waals surface area contributed by atoms with Gasteiger partial charge in [-0.25, -0.2) is 4.79 Å². The number of rotatable bonds is 2. The zero-order valence-corrected chi connectivity index (χ0v) is 8.22. The molecule has 0 radical (unpaired) electrons. The van der Waals surface area contributed by atoms with Crippen LogP contribution in [0, 0.1) is 5.92 Å². The summed E-state index contributed by atoms with van der Waals surface area (Å²) in [6, 6.07) is 7.67. The zero-order chi connectivity index (χ0) is 10.4. The van der Waals surface area contributed by atoms with E-state index in [0.717, 1.165) is 24.2 Å². The van der Waals surface area contributed by atoms with E-state index in [1.165, 1.54) is 0 Å². The lowest BCUT2D eigenvalue weighted by atomic mass is 9.91. The van der Waals surface area contributed by atoms with Crippen molar-refractivity contribution in [3.05, 3.63) is 29.8 Å². The molecule has 3 rings (SSSR count). The summed E-state index contributed by atoms with van der Waals surface area (Å²) in [6.07, 6.45) is 1.59. The van der Waals surface area contributed by atoms with E-state index >= 15 is 0 Å². The highest BCUT2D eigenvalue weighted by molar-refractivity contribution is 5.76. The molecule has 1 saturated carbocycles. The molecule has 1 aromatic rings. The number of aliphatic carboxylic acids is 1. The Morgan fingerprint density at radius 2 is 2.07 bits per heavy atom. The molecule has 2 aliphatic rings. The monoisotopic (exact) mass is 204 g/mol. The van der Waals surface area contributed by atoms with Crippen LogP contribution >= 0.6 is 0 Å². The van der Waals surface area contributed by atoms with Gasteiger partial charge in [-0.2, -0.15) is 0 Å². The van der Waals surface area contributed by atoms with Crippen molar-refractivity contribution >= 4 is 5.97 Å². The highest BCUT2D eigenvalue weighted by Crippen LogP contribution is 2.51. The van der Waals surface area contributed by atoms with E-state index in [1.807, 2.05) is 24.3 Å². The molecule has 78 valence electrons. The minimum atomic E-state index is -0.844. The van der Waals surface area contributed by atoms with Gasteiger partial charge in [-0.1, -0.05) is 18.2 Å². The Kier molecular flexibility index (Phi) is 1.75. The molecule has 0 saturated heterocycles. The Balaban J connectivity index is 2.02. The van der Waals surface area contributed by atoms with Gasteiger partial charge in [-0.3, -0.25) is 0 Å². The summed E-state index contributed by atoms with van der Waals surface area (Å²) < 4.78 is 5.48. The van der Waals surface area contributed by atoms with Crippen molar-refractivity contribution in [1.82, 2.24) is 0 Å². The molecule has 0 aromatic heterocycles. The number of hydrogen-bond donors (Lipinski definition) is 1. The summed E-state index contributed by atoms with van der Waals surface area (Å²) in [5.41, 5.74) is 1.08. The summed E-state index contributed by atoms with van der Waals surface area (Å²) in [7, 11) is 0. The fourth-order valence-electron chi connectivity index (χ4n) is 2.40. The normalized spacial score (nSPS) is 28.3. The summed E-state index contributed by atoms with van der Waals surface area (Å²) in [4.78, 5) is 11.1. The first-order chi connectivity index (χ1) is 7.27. The van der Waals surface area contributed by atoms with Crippen molar-refractivity contribution in [1.29, 1.82) is 0 Å². The van der Waals surface area contributed by atoms with Gasteiger partial charge in [0.15, 0.2) is 0 Å². The molecule has 0 amide bonds. The van der Waals surface area contributed by atoms with Gasteiger partial charge < -0.3 is 9.84 Å².